The molecule has 10 nitrogen and oxygen atoms in total. The van der Waals surface area contributed by atoms with E-state index in [1.165, 1.54) is 17.3 Å². The van der Waals surface area contributed by atoms with E-state index < -0.39 is 18.1 Å². The number of nitrogens with one attached hydrogen (secondary N) is 1. The molecule has 198 valence electrons. The average molecular weight is 519 g/mol. The van der Waals surface area contributed by atoms with Gasteiger partial charge in [-0.25, -0.2) is 4.79 Å². The summed E-state index contributed by atoms with van der Waals surface area (Å²) in [7, 11) is 1.62. The molecule has 0 bridgehead atoms. The highest BCUT2D eigenvalue weighted by atomic mass is 16.6. The molecule has 38 heavy (non-hydrogen) atoms. The van der Waals surface area contributed by atoms with Gasteiger partial charge in [-0.1, -0.05) is 24.2 Å². The molecule has 2 aliphatic rings. The molecule has 2 amide bonds. The van der Waals surface area contributed by atoms with Gasteiger partial charge in [0.2, 0.25) is 5.76 Å². The third-order valence-corrected chi connectivity index (χ3v) is 6.62. The second kappa shape index (κ2) is 11.4. The molecule has 1 atom stereocenters. The highest BCUT2D eigenvalue weighted by Crippen LogP contribution is 2.34. The van der Waals surface area contributed by atoms with Gasteiger partial charge in [0.05, 0.1) is 26.0 Å². The standard InChI is InChI=1S/C28H30N4O6/c1-3-22-26(19-10-13-23(35-2)25(16-19)36-21-6-4-5-7-21)31-32(28(34)37-22)17-18-8-11-20(12-9-18)30-27(33)24-14-15-29-38-24/h8-16,21-22H,3-7,17H2,1-2H3,(H,30,33). The molecule has 10 heteroatoms. The summed E-state index contributed by atoms with van der Waals surface area (Å²) in [6.07, 6.45) is 5.56. The Bertz CT molecular complexity index is 1300. The van der Waals surface area contributed by atoms with Crippen LogP contribution in [0.3, 0.4) is 0 Å². The van der Waals surface area contributed by atoms with E-state index in [2.05, 4.69) is 10.5 Å². The molecule has 1 aliphatic heterocycles. The van der Waals surface area contributed by atoms with Crippen molar-refractivity contribution in [2.24, 2.45) is 5.10 Å². The lowest BCUT2D eigenvalue weighted by Gasteiger charge is -2.29. The van der Waals surface area contributed by atoms with E-state index in [1.807, 2.05) is 37.3 Å². The van der Waals surface area contributed by atoms with Gasteiger partial charge in [-0.15, -0.1) is 0 Å². The SMILES string of the molecule is CCC1OC(=O)N(Cc2ccc(NC(=O)c3ccno3)cc2)N=C1c1ccc(OC)c(OC2CCCC2)c1. The van der Waals surface area contributed by atoms with E-state index in [4.69, 9.17) is 23.8 Å². The molecule has 1 fully saturated rings. The maximum atomic E-state index is 12.8. The van der Waals surface area contributed by atoms with Crippen LogP contribution in [-0.4, -0.2) is 47.2 Å². The van der Waals surface area contributed by atoms with E-state index >= 15 is 0 Å². The summed E-state index contributed by atoms with van der Waals surface area (Å²) in [6, 6.07) is 14.3. The van der Waals surface area contributed by atoms with Crippen molar-refractivity contribution in [3.63, 3.8) is 0 Å². The monoisotopic (exact) mass is 518 g/mol. The van der Waals surface area contributed by atoms with Crippen LogP contribution in [0.5, 0.6) is 11.5 Å². The molecule has 5 rings (SSSR count). The number of aromatic nitrogens is 1. The van der Waals surface area contributed by atoms with Gasteiger partial charge >= 0.3 is 6.09 Å². The number of anilines is 1. The van der Waals surface area contributed by atoms with E-state index in [0.717, 1.165) is 36.8 Å². The van der Waals surface area contributed by atoms with Gasteiger partial charge in [0.15, 0.2) is 11.5 Å². The summed E-state index contributed by atoms with van der Waals surface area (Å²) in [6.45, 7) is 2.16. The zero-order valence-electron chi connectivity index (χ0n) is 21.4. The van der Waals surface area contributed by atoms with Crippen molar-refractivity contribution in [1.82, 2.24) is 10.2 Å². The summed E-state index contributed by atoms with van der Waals surface area (Å²) in [5, 5.41) is 12.3. The number of hydrogen-bond donors (Lipinski definition) is 1. The number of hydrogen-bond acceptors (Lipinski definition) is 8. The summed E-state index contributed by atoms with van der Waals surface area (Å²) in [5.74, 6) is 1.05. The molecule has 1 aromatic heterocycles. The quantitative estimate of drug-likeness (QED) is 0.404. The molecule has 3 aromatic rings. The van der Waals surface area contributed by atoms with Gasteiger partial charge in [-0.2, -0.15) is 10.1 Å². The minimum Gasteiger partial charge on any atom is -0.493 e. The van der Waals surface area contributed by atoms with Crippen LogP contribution in [0.1, 0.15) is 60.7 Å². The second-order valence-corrected chi connectivity index (χ2v) is 9.24. The Labute approximate surface area is 220 Å². The average Bonchev–Trinajstić information content (AvgIpc) is 3.66. The lowest BCUT2D eigenvalue weighted by molar-refractivity contribution is 0.0712. The number of amides is 2. The minimum atomic E-state index is -0.515. The molecule has 1 saturated carbocycles. The number of cyclic esters (lactones) is 1. The Kier molecular flexibility index (Phi) is 7.57. The molecule has 2 heterocycles. The first kappa shape index (κ1) is 25.3. The predicted octanol–water partition coefficient (Wildman–Crippen LogP) is 5.39. The maximum Gasteiger partial charge on any atom is 0.431 e. The smallest absolute Gasteiger partial charge is 0.431 e. The summed E-state index contributed by atoms with van der Waals surface area (Å²) < 4.78 is 22.4. The molecule has 2 aromatic carbocycles. The molecule has 1 N–H and O–H groups in total. The van der Waals surface area contributed by atoms with Crippen LogP contribution in [0.15, 0.2) is 64.4 Å². The van der Waals surface area contributed by atoms with Gasteiger partial charge in [0.25, 0.3) is 5.91 Å². The van der Waals surface area contributed by atoms with E-state index in [1.54, 1.807) is 19.2 Å². The predicted molar refractivity (Wildman–Crippen MR) is 139 cm³/mol. The zero-order valence-corrected chi connectivity index (χ0v) is 21.4. The van der Waals surface area contributed by atoms with Crippen LogP contribution in [0.25, 0.3) is 0 Å². The van der Waals surface area contributed by atoms with E-state index in [9.17, 15) is 9.59 Å². The number of carbonyl (C=O) groups is 2. The number of methoxy groups -OCH3 is 1. The number of rotatable bonds is 9. The van der Waals surface area contributed by atoms with Crippen molar-refractivity contribution in [3.8, 4) is 11.5 Å². The van der Waals surface area contributed by atoms with Crippen molar-refractivity contribution < 1.29 is 28.3 Å². The van der Waals surface area contributed by atoms with Crippen molar-refractivity contribution >= 4 is 23.4 Å². The van der Waals surface area contributed by atoms with Crippen molar-refractivity contribution in [2.75, 3.05) is 12.4 Å². The fourth-order valence-electron chi connectivity index (χ4n) is 4.60. The van der Waals surface area contributed by atoms with Crippen LogP contribution >= 0.6 is 0 Å². The topological polar surface area (TPSA) is 115 Å². The molecular weight excluding hydrogens is 488 g/mol. The highest BCUT2D eigenvalue weighted by Gasteiger charge is 2.31. The molecule has 0 radical (unpaired) electrons. The van der Waals surface area contributed by atoms with Crippen LogP contribution in [0.4, 0.5) is 10.5 Å². The first-order valence-electron chi connectivity index (χ1n) is 12.8. The molecule has 0 saturated heterocycles. The number of hydrazone groups is 1. The summed E-state index contributed by atoms with van der Waals surface area (Å²) in [5.41, 5.74) is 2.87. The zero-order chi connectivity index (χ0) is 26.5. The molecule has 0 spiro atoms. The fourth-order valence-corrected chi connectivity index (χ4v) is 4.60. The third-order valence-electron chi connectivity index (χ3n) is 6.62. The number of carbonyl (C=O) groups excluding carboxylic acids is 2. The van der Waals surface area contributed by atoms with Crippen LogP contribution in [-0.2, 0) is 11.3 Å². The maximum absolute atomic E-state index is 12.8. The Hall–Kier alpha value is -4.34. The first-order chi connectivity index (χ1) is 18.5. The van der Waals surface area contributed by atoms with E-state index in [0.29, 0.717) is 29.3 Å². The summed E-state index contributed by atoms with van der Waals surface area (Å²) in [4.78, 5) is 24.9. The van der Waals surface area contributed by atoms with E-state index in [-0.39, 0.29) is 18.4 Å². The molecule has 1 aliphatic carbocycles. The number of ether oxygens (including phenoxy) is 3. The summed E-state index contributed by atoms with van der Waals surface area (Å²) >= 11 is 0. The van der Waals surface area contributed by atoms with Gasteiger partial charge in [-0.05, 0) is 68.0 Å². The normalized spacial score (nSPS) is 17.6. The van der Waals surface area contributed by atoms with Crippen LogP contribution in [0, 0.1) is 0 Å². The molecular formula is C28H30N4O6. The van der Waals surface area contributed by atoms with Crippen molar-refractivity contribution in [2.45, 2.75) is 57.8 Å². The van der Waals surface area contributed by atoms with Gasteiger partial charge < -0.3 is 24.1 Å². The number of benzene rings is 2. The Morgan fingerprint density at radius 3 is 2.58 bits per heavy atom. The van der Waals surface area contributed by atoms with Gasteiger partial charge in [0.1, 0.15) is 11.8 Å². The van der Waals surface area contributed by atoms with Crippen molar-refractivity contribution in [1.29, 1.82) is 0 Å². The Balaban J connectivity index is 1.34. The Morgan fingerprint density at radius 2 is 1.89 bits per heavy atom. The first-order valence-corrected chi connectivity index (χ1v) is 12.8. The largest absolute Gasteiger partial charge is 0.493 e. The van der Waals surface area contributed by atoms with Crippen LogP contribution in [0.2, 0.25) is 0 Å². The minimum absolute atomic E-state index is 0.118. The lowest BCUT2D eigenvalue weighted by Crippen LogP contribution is -2.41. The van der Waals surface area contributed by atoms with Crippen LogP contribution < -0.4 is 14.8 Å². The third kappa shape index (κ3) is 5.64. The second-order valence-electron chi connectivity index (χ2n) is 9.24. The van der Waals surface area contributed by atoms with Crippen molar-refractivity contribution in [3.05, 3.63) is 71.6 Å². The van der Waals surface area contributed by atoms with Gasteiger partial charge in [-0.3, -0.25) is 4.79 Å². The lowest BCUT2D eigenvalue weighted by atomic mass is 10.0. The Morgan fingerprint density at radius 1 is 1.11 bits per heavy atom. The fraction of sp³-hybridized carbons (Fsp3) is 0.357. The molecule has 1 unspecified atom stereocenters. The van der Waals surface area contributed by atoms with Gasteiger partial charge in [0, 0.05) is 17.3 Å². The number of nitrogens with zero attached hydrogens (tertiary/aromatic N) is 3. The highest BCUT2D eigenvalue weighted by molar-refractivity contribution is 6.06.